The van der Waals surface area contributed by atoms with Crippen LogP contribution in [0.4, 0.5) is 0 Å². The second kappa shape index (κ2) is 2.73. The van der Waals surface area contributed by atoms with Crippen LogP contribution in [0.3, 0.4) is 0 Å². The second-order valence-corrected chi connectivity index (χ2v) is 4.92. The maximum absolute atomic E-state index is 4.58. The van der Waals surface area contributed by atoms with Crippen molar-refractivity contribution in [3.63, 3.8) is 0 Å². The monoisotopic (exact) mass is 164 g/mol. The molecule has 67 valence electrons. The fourth-order valence-corrected chi connectivity index (χ4v) is 2.96. The van der Waals surface area contributed by atoms with Crippen molar-refractivity contribution in [2.24, 2.45) is 23.7 Å². The van der Waals surface area contributed by atoms with Gasteiger partial charge in [-0.15, -0.1) is 0 Å². The first-order valence-electron chi connectivity index (χ1n) is 5.58. The molecule has 0 amide bonds. The van der Waals surface area contributed by atoms with Crippen LogP contribution in [0.2, 0.25) is 0 Å². The molecule has 2 atom stereocenters. The molecule has 1 aliphatic heterocycles. The summed E-state index contributed by atoms with van der Waals surface area (Å²) in [6.45, 7) is 2.39. The third-order valence-electron chi connectivity index (χ3n) is 3.97. The van der Waals surface area contributed by atoms with Crippen LogP contribution in [-0.4, -0.2) is 13.1 Å². The fourth-order valence-electron chi connectivity index (χ4n) is 2.96. The Morgan fingerprint density at radius 2 is 1.42 bits per heavy atom. The van der Waals surface area contributed by atoms with Crippen LogP contribution in [0.15, 0.2) is 0 Å². The molecule has 0 aromatic heterocycles. The Balaban J connectivity index is 1.68. The minimum absolute atomic E-state index is 1.02. The molecule has 3 rings (SSSR count). The number of hydrogen-bond acceptors (Lipinski definition) is 0. The van der Waals surface area contributed by atoms with Crippen molar-refractivity contribution < 1.29 is 0 Å². The van der Waals surface area contributed by atoms with Crippen LogP contribution < -0.4 is 5.32 Å². The zero-order valence-electron chi connectivity index (χ0n) is 7.71. The highest BCUT2D eigenvalue weighted by Gasteiger charge is 2.44. The molecule has 0 bridgehead atoms. The van der Waals surface area contributed by atoms with Crippen LogP contribution in [-0.2, 0) is 0 Å². The lowest BCUT2D eigenvalue weighted by Crippen LogP contribution is -2.34. The Labute approximate surface area is 74.9 Å². The van der Waals surface area contributed by atoms with Gasteiger partial charge >= 0.3 is 0 Å². The van der Waals surface area contributed by atoms with Crippen LogP contribution in [0.5, 0.6) is 0 Å². The molecule has 1 heteroatoms. The van der Waals surface area contributed by atoms with Crippen LogP contribution in [0.1, 0.15) is 32.1 Å². The minimum Gasteiger partial charge on any atom is -0.241 e. The van der Waals surface area contributed by atoms with E-state index in [2.05, 4.69) is 5.32 Å². The number of rotatable bonds is 2. The summed E-state index contributed by atoms with van der Waals surface area (Å²) in [5.74, 6) is 4.34. The number of piperidine rings is 1. The molecule has 3 fully saturated rings. The second-order valence-electron chi connectivity index (χ2n) is 4.92. The van der Waals surface area contributed by atoms with E-state index in [0.717, 1.165) is 23.7 Å². The summed E-state index contributed by atoms with van der Waals surface area (Å²) in [6.07, 6.45) is 7.53. The van der Waals surface area contributed by atoms with Gasteiger partial charge in [0.15, 0.2) is 0 Å². The third-order valence-corrected chi connectivity index (χ3v) is 3.97. The lowest BCUT2D eigenvalue weighted by Gasteiger charge is -2.31. The molecule has 2 aliphatic carbocycles. The summed E-state index contributed by atoms with van der Waals surface area (Å²) in [4.78, 5) is 0. The van der Waals surface area contributed by atoms with E-state index in [1.165, 1.54) is 45.2 Å². The van der Waals surface area contributed by atoms with Gasteiger partial charge in [-0.1, -0.05) is 0 Å². The largest absolute Gasteiger partial charge is 0.241 e. The van der Waals surface area contributed by atoms with Gasteiger partial charge in [0, 0.05) is 13.1 Å². The Morgan fingerprint density at radius 1 is 0.750 bits per heavy atom. The van der Waals surface area contributed by atoms with E-state index >= 15 is 0 Å². The summed E-state index contributed by atoms with van der Waals surface area (Å²) in [5.41, 5.74) is 0. The fraction of sp³-hybridized carbons (Fsp3) is 1.00. The maximum atomic E-state index is 4.58. The average molecular weight is 164 g/mol. The zero-order valence-corrected chi connectivity index (χ0v) is 7.71. The Bertz CT molecular complexity index is 150. The molecular formula is C11H18N. The quantitative estimate of drug-likeness (QED) is 0.593. The molecule has 12 heavy (non-hydrogen) atoms. The van der Waals surface area contributed by atoms with Crippen LogP contribution in [0, 0.1) is 23.7 Å². The van der Waals surface area contributed by atoms with Crippen molar-refractivity contribution >= 4 is 0 Å². The van der Waals surface area contributed by atoms with Gasteiger partial charge in [0.25, 0.3) is 0 Å². The molecule has 1 saturated heterocycles. The average Bonchev–Trinajstić information content (AvgIpc) is 2.99. The van der Waals surface area contributed by atoms with Gasteiger partial charge in [0.05, 0.1) is 0 Å². The smallest absolute Gasteiger partial charge is 0.0167 e. The summed E-state index contributed by atoms with van der Waals surface area (Å²) in [5, 5.41) is 4.58. The first kappa shape index (κ1) is 7.37. The van der Waals surface area contributed by atoms with Crippen molar-refractivity contribution in [2.75, 3.05) is 13.1 Å². The molecule has 2 unspecified atom stereocenters. The number of nitrogens with zero attached hydrogens (tertiary/aromatic N) is 1. The highest BCUT2D eigenvalue weighted by Crippen LogP contribution is 2.50. The summed E-state index contributed by atoms with van der Waals surface area (Å²) >= 11 is 0. The van der Waals surface area contributed by atoms with Gasteiger partial charge in [-0.05, 0) is 55.8 Å². The van der Waals surface area contributed by atoms with E-state index in [9.17, 15) is 0 Å². The normalized spacial score (nSPS) is 43.0. The van der Waals surface area contributed by atoms with Gasteiger partial charge in [0.1, 0.15) is 0 Å². The zero-order chi connectivity index (χ0) is 7.97. The molecule has 0 spiro atoms. The highest BCUT2D eigenvalue weighted by atomic mass is 14.9. The Hall–Kier alpha value is -0.0400. The van der Waals surface area contributed by atoms with E-state index in [1.54, 1.807) is 0 Å². The lowest BCUT2D eigenvalue weighted by molar-refractivity contribution is 0.199. The summed E-state index contributed by atoms with van der Waals surface area (Å²) < 4.78 is 0. The molecule has 1 radical (unpaired) electrons. The van der Waals surface area contributed by atoms with E-state index in [0.29, 0.717) is 0 Å². The van der Waals surface area contributed by atoms with Crippen LogP contribution >= 0.6 is 0 Å². The molecule has 1 nitrogen and oxygen atoms in total. The van der Waals surface area contributed by atoms with Crippen molar-refractivity contribution in [3.8, 4) is 0 Å². The van der Waals surface area contributed by atoms with Crippen molar-refractivity contribution in [3.05, 3.63) is 0 Å². The highest BCUT2D eigenvalue weighted by molar-refractivity contribution is 4.95. The molecule has 0 N–H and O–H groups in total. The van der Waals surface area contributed by atoms with E-state index in [-0.39, 0.29) is 0 Å². The first-order valence-corrected chi connectivity index (χ1v) is 5.58. The molecule has 0 aromatic carbocycles. The van der Waals surface area contributed by atoms with Crippen molar-refractivity contribution in [2.45, 2.75) is 32.1 Å². The minimum atomic E-state index is 1.02. The first-order chi connectivity index (χ1) is 5.95. The summed E-state index contributed by atoms with van der Waals surface area (Å²) in [7, 11) is 0. The SMILES string of the molecule is C1CC(C2CC2)C(C2CC2)C[N]1. The van der Waals surface area contributed by atoms with Gasteiger partial charge in [-0.25, -0.2) is 5.32 Å². The van der Waals surface area contributed by atoms with Gasteiger partial charge in [-0.2, -0.15) is 0 Å². The molecule has 3 aliphatic rings. The van der Waals surface area contributed by atoms with Crippen LogP contribution in [0.25, 0.3) is 0 Å². The number of hydrogen-bond donors (Lipinski definition) is 0. The predicted octanol–water partition coefficient (Wildman–Crippen LogP) is 2.05. The predicted molar refractivity (Wildman–Crippen MR) is 48.9 cm³/mol. The van der Waals surface area contributed by atoms with E-state index in [4.69, 9.17) is 0 Å². The Kier molecular flexibility index (Phi) is 1.68. The molecular weight excluding hydrogens is 146 g/mol. The van der Waals surface area contributed by atoms with Gasteiger partial charge in [-0.3, -0.25) is 0 Å². The lowest BCUT2D eigenvalue weighted by atomic mass is 9.80. The standard InChI is InChI=1S/C11H18N/c1-2-8(1)10-5-6-12-7-11(10)9-3-4-9/h8-11H,1-7H2. The van der Waals surface area contributed by atoms with Crippen molar-refractivity contribution in [1.29, 1.82) is 0 Å². The Morgan fingerprint density at radius 3 is 2.08 bits per heavy atom. The van der Waals surface area contributed by atoms with Gasteiger partial charge in [0.2, 0.25) is 0 Å². The van der Waals surface area contributed by atoms with E-state index in [1.807, 2.05) is 0 Å². The topological polar surface area (TPSA) is 14.1 Å². The van der Waals surface area contributed by atoms with Gasteiger partial charge < -0.3 is 0 Å². The summed E-state index contributed by atoms with van der Waals surface area (Å²) in [6, 6.07) is 0. The maximum Gasteiger partial charge on any atom is 0.0167 e. The molecule has 2 saturated carbocycles. The molecule has 1 heterocycles. The molecule has 0 aromatic rings. The third kappa shape index (κ3) is 1.28. The van der Waals surface area contributed by atoms with E-state index < -0.39 is 0 Å². The van der Waals surface area contributed by atoms with Crippen molar-refractivity contribution in [1.82, 2.24) is 5.32 Å².